The van der Waals surface area contributed by atoms with Gasteiger partial charge in [0, 0.05) is 24.0 Å². The summed E-state index contributed by atoms with van der Waals surface area (Å²) in [6.45, 7) is 0.270. The zero-order chi connectivity index (χ0) is 21.9. The van der Waals surface area contributed by atoms with Gasteiger partial charge in [-0.05, 0) is 48.0 Å². The van der Waals surface area contributed by atoms with Crippen LogP contribution < -0.4 is 19.5 Å². The van der Waals surface area contributed by atoms with E-state index in [1.807, 2.05) is 30.3 Å². The molecular weight excluding hydrogens is 394 g/mol. The van der Waals surface area contributed by atoms with E-state index in [0.717, 1.165) is 11.3 Å². The van der Waals surface area contributed by atoms with Crippen molar-refractivity contribution < 1.29 is 19.0 Å². The van der Waals surface area contributed by atoms with Crippen molar-refractivity contribution in [3.05, 3.63) is 84.2 Å². The molecule has 31 heavy (non-hydrogen) atoms. The van der Waals surface area contributed by atoms with E-state index in [9.17, 15) is 4.79 Å². The highest BCUT2D eigenvalue weighted by atomic mass is 16.5. The summed E-state index contributed by atoms with van der Waals surface area (Å²) in [6.07, 6.45) is 4.80. The van der Waals surface area contributed by atoms with E-state index in [1.165, 1.54) is 13.2 Å². The van der Waals surface area contributed by atoms with Crippen molar-refractivity contribution in [2.75, 3.05) is 19.0 Å². The Labute approximate surface area is 180 Å². The first-order chi connectivity index (χ1) is 15.2. The van der Waals surface area contributed by atoms with Crippen molar-refractivity contribution in [1.82, 2.24) is 4.98 Å². The number of hydrogen-bond acceptors (Lipinski definition) is 6. The predicted molar refractivity (Wildman–Crippen MR) is 117 cm³/mol. The zero-order valence-corrected chi connectivity index (χ0v) is 16.9. The number of rotatable bonds is 9. The minimum absolute atomic E-state index is 0.0708. The number of nitriles is 1. The molecule has 3 rings (SSSR count). The molecule has 0 unspecified atom stereocenters. The third kappa shape index (κ3) is 6.61. The first-order valence-electron chi connectivity index (χ1n) is 9.47. The molecule has 0 aliphatic heterocycles. The van der Waals surface area contributed by atoms with Crippen LogP contribution in [-0.2, 0) is 11.4 Å². The largest absolute Gasteiger partial charge is 0.493 e. The minimum Gasteiger partial charge on any atom is -0.493 e. The molecule has 1 N–H and O–H groups in total. The highest BCUT2D eigenvalue weighted by Crippen LogP contribution is 2.28. The smallest absolute Gasteiger partial charge is 0.248 e. The third-order valence-corrected chi connectivity index (χ3v) is 4.12. The quantitative estimate of drug-likeness (QED) is 0.526. The maximum absolute atomic E-state index is 12.3. The number of methoxy groups -OCH3 is 1. The molecule has 0 saturated carbocycles. The van der Waals surface area contributed by atoms with Gasteiger partial charge in [-0.1, -0.05) is 18.2 Å². The molecule has 0 bridgehead atoms. The average Bonchev–Trinajstić information content (AvgIpc) is 2.81. The van der Waals surface area contributed by atoms with Crippen LogP contribution in [0.25, 0.3) is 6.08 Å². The van der Waals surface area contributed by atoms with Crippen molar-refractivity contribution in [3.8, 4) is 23.3 Å². The summed E-state index contributed by atoms with van der Waals surface area (Å²) in [6, 6.07) is 19.9. The zero-order valence-electron chi connectivity index (χ0n) is 16.9. The molecule has 0 aliphatic carbocycles. The Kier molecular flexibility index (Phi) is 7.61. The standard InChI is InChI=1S/C24H21N3O4/c1-29-23-15-18(8-10-22(23)30-14-12-25)9-11-24(28)27-19-6-4-7-21(16-19)31-17-20-5-2-3-13-26-20/h2-11,13,15-16H,14,17H2,1H3,(H,27,28)/b11-9+. The van der Waals surface area contributed by atoms with Crippen LogP contribution in [0.5, 0.6) is 17.2 Å². The molecule has 1 heterocycles. The van der Waals surface area contributed by atoms with Crippen LogP contribution in [0, 0.1) is 11.3 Å². The van der Waals surface area contributed by atoms with Gasteiger partial charge in [0.15, 0.2) is 18.1 Å². The van der Waals surface area contributed by atoms with E-state index in [-0.39, 0.29) is 12.5 Å². The van der Waals surface area contributed by atoms with Crippen LogP contribution in [0.2, 0.25) is 0 Å². The monoisotopic (exact) mass is 415 g/mol. The summed E-state index contributed by atoms with van der Waals surface area (Å²) in [4.78, 5) is 16.5. The molecule has 0 saturated heterocycles. The van der Waals surface area contributed by atoms with Crippen LogP contribution in [0.1, 0.15) is 11.3 Å². The summed E-state index contributed by atoms with van der Waals surface area (Å²) in [5.74, 6) is 1.29. The molecule has 1 amide bonds. The summed E-state index contributed by atoms with van der Waals surface area (Å²) in [7, 11) is 1.51. The second-order valence-corrected chi connectivity index (χ2v) is 6.32. The predicted octanol–water partition coefficient (Wildman–Crippen LogP) is 4.22. The molecule has 0 atom stereocenters. The number of benzene rings is 2. The Balaban J connectivity index is 1.59. The highest BCUT2D eigenvalue weighted by Gasteiger charge is 2.05. The molecule has 1 aromatic heterocycles. The maximum atomic E-state index is 12.3. The van der Waals surface area contributed by atoms with Crippen LogP contribution >= 0.6 is 0 Å². The van der Waals surface area contributed by atoms with Crippen LogP contribution in [-0.4, -0.2) is 24.6 Å². The van der Waals surface area contributed by atoms with Crippen molar-refractivity contribution in [2.24, 2.45) is 0 Å². The number of hydrogen-bond donors (Lipinski definition) is 1. The van der Waals surface area contributed by atoms with E-state index in [1.54, 1.807) is 48.7 Å². The van der Waals surface area contributed by atoms with Gasteiger partial charge >= 0.3 is 0 Å². The number of anilines is 1. The lowest BCUT2D eigenvalue weighted by Gasteiger charge is -2.09. The third-order valence-electron chi connectivity index (χ3n) is 4.12. The summed E-state index contributed by atoms with van der Waals surface area (Å²) in [5.41, 5.74) is 2.19. The molecule has 0 aliphatic rings. The average molecular weight is 415 g/mol. The minimum atomic E-state index is -0.286. The fourth-order valence-corrected chi connectivity index (χ4v) is 2.68. The number of carbonyl (C=O) groups excluding carboxylic acids is 1. The summed E-state index contributed by atoms with van der Waals surface area (Å²) < 4.78 is 16.3. The van der Waals surface area contributed by atoms with E-state index in [0.29, 0.717) is 29.5 Å². The lowest BCUT2D eigenvalue weighted by atomic mass is 10.2. The first kappa shape index (κ1) is 21.4. The molecule has 7 nitrogen and oxygen atoms in total. The SMILES string of the molecule is COc1cc(/C=C/C(=O)Nc2cccc(OCc3ccccn3)c2)ccc1OCC#N. The molecule has 0 spiro atoms. The Bertz CT molecular complexity index is 1090. The Morgan fingerprint density at radius 2 is 2.00 bits per heavy atom. The number of pyridine rings is 1. The first-order valence-corrected chi connectivity index (χ1v) is 9.47. The van der Waals surface area contributed by atoms with Gasteiger partial charge in [-0.15, -0.1) is 0 Å². The lowest BCUT2D eigenvalue weighted by molar-refractivity contribution is -0.111. The molecule has 7 heteroatoms. The van der Waals surface area contributed by atoms with Gasteiger partial charge in [0.05, 0.1) is 12.8 Å². The molecule has 3 aromatic rings. The molecular formula is C24H21N3O4. The molecule has 156 valence electrons. The van der Waals surface area contributed by atoms with E-state index in [4.69, 9.17) is 19.5 Å². The van der Waals surface area contributed by atoms with Gasteiger partial charge in [0.1, 0.15) is 18.4 Å². The van der Waals surface area contributed by atoms with E-state index in [2.05, 4.69) is 10.3 Å². The molecule has 0 radical (unpaired) electrons. The number of amides is 1. The van der Waals surface area contributed by atoms with Crippen molar-refractivity contribution in [3.63, 3.8) is 0 Å². The Morgan fingerprint density at radius 1 is 1.10 bits per heavy atom. The number of nitrogens with one attached hydrogen (secondary N) is 1. The maximum Gasteiger partial charge on any atom is 0.248 e. The molecule has 2 aromatic carbocycles. The van der Waals surface area contributed by atoms with Crippen molar-refractivity contribution in [2.45, 2.75) is 6.61 Å². The van der Waals surface area contributed by atoms with Crippen LogP contribution in [0.3, 0.4) is 0 Å². The van der Waals surface area contributed by atoms with Gasteiger partial charge in [-0.2, -0.15) is 5.26 Å². The van der Waals surface area contributed by atoms with Crippen LogP contribution in [0.15, 0.2) is 72.9 Å². The van der Waals surface area contributed by atoms with Gasteiger partial charge in [0.25, 0.3) is 0 Å². The van der Waals surface area contributed by atoms with Gasteiger partial charge in [-0.25, -0.2) is 0 Å². The normalized spacial score (nSPS) is 10.3. The topological polar surface area (TPSA) is 93.5 Å². The second kappa shape index (κ2) is 11.0. The van der Waals surface area contributed by atoms with Crippen molar-refractivity contribution in [1.29, 1.82) is 5.26 Å². The van der Waals surface area contributed by atoms with Gasteiger partial charge in [0.2, 0.25) is 5.91 Å². The van der Waals surface area contributed by atoms with E-state index >= 15 is 0 Å². The lowest BCUT2D eigenvalue weighted by Crippen LogP contribution is -2.08. The Morgan fingerprint density at radius 3 is 2.77 bits per heavy atom. The number of nitrogens with zero attached hydrogens (tertiary/aromatic N) is 2. The number of ether oxygens (including phenoxy) is 3. The number of carbonyl (C=O) groups is 1. The fourth-order valence-electron chi connectivity index (χ4n) is 2.68. The molecule has 0 fully saturated rings. The van der Waals surface area contributed by atoms with Crippen LogP contribution in [0.4, 0.5) is 5.69 Å². The summed E-state index contributed by atoms with van der Waals surface area (Å²) in [5, 5.41) is 11.4. The van der Waals surface area contributed by atoms with E-state index < -0.39 is 0 Å². The number of aromatic nitrogens is 1. The van der Waals surface area contributed by atoms with Crippen molar-refractivity contribution >= 4 is 17.7 Å². The second-order valence-electron chi connectivity index (χ2n) is 6.32. The summed E-state index contributed by atoms with van der Waals surface area (Å²) >= 11 is 0. The Hall–Kier alpha value is -4.31. The fraction of sp³-hybridized carbons (Fsp3) is 0.125. The highest BCUT2D eigenvalue weighted by molar-refractivity contribution is 6.02. The van der Waals surface area contributed by atoms with Gasteiger partial charge < -0.3 is 19.5 Å². The van der Waals surface area contributed by atoms with Gasteiger partial charge in [-0.3, -0.25) is 9.78 Å².